The van der Waals surface area contributed by atoms with Crippen LogP contribution >= 0.6 is 15.9 Å². The molecule has 0 bridgehead atoms. The molecule has 6 heteroatoms. The molecular weight excluding hydrogens is 326 g/mol. The second-order valence-corrected chi connectivity index (χ2v) is 4.93. The fourth-order valence-electron chi connectivity index (χ4n) is 1.43. The predicted molar refractivity (Wildman–Crippen MR) is 79.6 cm³/mol. The summed E-state index contributed by atoms with van der Waals surface area (Å²) >= 11 is 3.35. The summed E-state index contributed by atoms with van der Waals surface area (Å²) in [5.74, 6) is -0.891. The van der Waals surface area contributed by atoms with Gasteiger partial charge in [0.25, 0.3) is 0 Å². The molecule has 0 aromatic heterocycles. The molecule has 0 saturated heterocycles. The van der Waals surface area contributed by atoms with Gasteiger partial charge in [0, 0.05) is 16.1 Å². The first-order chi connectivity index (χ1) is 9.43. The SMILES string of the molecule is CCOc1ccc(Br)cc1/C=C/C(=O)NC(C)C(=O)O. The minimum absolute atomic E-state index is 0.470. The van der Waals surface area contributed by atoms with E-state index in [1.165, 1.54) is 13.0 Å². The van der Waals surface area contributed by atoms with Crippen molar-refractivity contribution in [2.45, 2.75) is 19.9 Å². The minimum atomic E-state index is -1.08. The van der Waals surface area contributed by atoms with Crippen molar-refractivity contribution in [3.05, 3.63) is 34.3 Å². The topological polar surface area (TPSA) is 75.6 Å². The molecule has 1 rings (SSSR count). The Morgan fingerprint density at radius 1 is 1.50 bits per heavy atom. The molecule has 2 N–H and O–H groups in total. The monoisotopic (exact) mass is 341 g/mol. The Balaban J connectivity index is 2.81. The lowest BCUT2D eigenvalue weighted by Gasteiger charge is -2.08. The molecule has 0 fully saturated rings. The fourth-order valence-corrected chi connectivity index (χ4v) is 1.80. The van der Waals surface area contributed by atoms with Crippen molar-refractivity contribution in [1.82, 2.24) is 5.32 Å². The highest BCUT2D eigenvalue weighted by Gasteiger charge is 2.11. The van der Waals surface area contributed by atoms with Gasteiger partial charge >= 0.3 is 5.97 Å². The third-order valence-corrected chi connectivity index (χ3v) is 2.91. The fraction of sp³-hybridized carbons (Fsp3) is 0.286. The zero-order chi connectivity index (χ0) is 15.1. The number of carbonyl (C=O) groups excluding carboxylic acids is 1. The standard InChI is InChI=1S/C14H16BrNO4/c1-3-20-12-6-5-11(15)8-10(12)4-7-13(17)16-9(2)14(18)19/h4-9H,3H2,1-2H3,(H,16,17)(H,18,19)/b7-4+. The number of halogens is 1. The molecule has 0 aliphatic rings. The van der Waals surface area contributed by atoms with Crippen molar-refractivity contribution < 1.29 is 19.4 Å². The van der Waals surface area contributed by atoms with Crippen molar-refractivity contribution in [2.75, 3.05) is 6.61 Å². The zero-order valence-electron chi connectivity index (χ0n) is 11.2. The largest absolute Gasteiger partial charge is 0.493 e. The molecule has 1 unspecified atom stereocenters. The van der Waals surface area contributed by atoms with E-state index in [-0.39, 0.29) is 0 Å². The maximum absolute atomic E-state index is 11.6. The number of hydrogen-bond acceptors (Lipinski definition) is 3. The second kappa shape index (κ2) is 7.69. The molecule has 0 spiro atoms. The van der Waals surface area contributed by atoms with Gasteiger partial charge in [-0.15, -0.1) is 0 Å². The average Bonchev–Trinajstić information content (AvgIpc) is 2.39. The molecule has 1 amide bonds. The lowest BCUT2D eigenvalue weighted by Crippen LogP contribution is -2.37. The van der Waals surface area contributed by atoms with E-state index >= 15 is 0 Å². The van der Waals surface area contributed by atoms with Crippen LogP contribution in [0.5, 0.6) is 5.75 Å². The van der Waals surface area contributed by atoms with E-state index in [1.54, 1.807) is 12.1 Å². The summed E-state index contributed by atoms with van der Waals surface area (Å²) in [4.78, 5) is 22.2. The quantitative estimate of drug-likeness (QED) is 0.779. The number of carboxylic acid groups (broad SMARTS) is 1. The molecule has 0 heterocycles. The van der Waals surface area contributed by atoms with Gasteiger partial charge in [-0.05, 0) is 38.1 Å². The number of carbonyl (C=O) groups is 2. The van der Waals surface area contributed by atoms with E-state index < -0.39 is 17.9 Å². The van der Waals surface area contributed by atoms with Crippen LogP contribution in [0.1, 0.15) is 19.4 Å². The van der Waals surface area contributed by atoms with Gasteiger partial charge in [0.2, 0.25) is 5.91 Å². The van der Waals surface area contributed by atoms with Crippen molar-refractivity contribution in [3.8, 4) is 5.75 Å². The number of carboxylic acids is 1. The van der Waals surface area contributed by atoms with Crippen LogP contribution in [0.15, 0.2) is 28.7 Å². The third-order valence-electron chi connectivity index (χ3n) is 2.42. The van der Waals surface area contributed by atoms with Gasteiger partial charge in [-0.1, -0.05) is 15.9 Å². The van der Waals surface area contributed by atoms with E-state index in [4.69, 9.17) is 9.84 Å². The maximum Gasteiger partial charge on any atom is 0.325 e. The first kappa shape index (κ1) is 16.2. The summed E-state index contributed by atoms with van der Waals surface area (Å²) in [6, 6.07) is 4.52. The van der Waals surface area contributed by atoms with Crippen molar-refractivity contribution in [3.63, 3.8) is 0 Å². The Morgan fingerprint density at radius 2 is 2.20 bits per heavy atom. The molecule has 5 nitrogen and oxygen atoms in total. The Hall–Kier alpha value is -1.82. The third kappa shape index (κ3) is 5.05. The summed E-state index contributed by atoms with van der Waals surface area (Å²) in [5.41, 5.74) is 0.736. The van der Waals surface area contributed by atoms with Gasteiger partial charge in [-0.2, -0.15) is 0 Å². The summed E-state index contributed by atoms with van der Waals surface area (Å²) in [5, 5.41) is 11.0. The van der Waals surface area contributed by atoms with Crippen molar-refractivity contribution in [1.29, 1.82) is 0 Å². The number of hydrogen-bond donors (Lipinski definition) is 2. The van der Waals surface area contributed by atoms with E-state index in [0.29, 0.717) is 12.4 Å². The molecule has 0 aliphatic heterocycles. The highest BCUT2D eigenvalue weighted by atomic mass is 79.9. The van der Waals surface area contributed by atoms with Crippen molar-refractivity contribution >= 4 is 33.9 Å². The smallest absolute Gasteiger partial charge is 0.325 e. The summed E-state index contributed by atoms with van der Waals surface area (Å²) < 4.78 is 6.31. The Labute approximate surface area is 125 Å². The van der Waals surface area contributed by atoms with E-state index in [1.807, 2.05) is 19.1 Å². The predicted octanol–water partition coefficient (Wildman–Crippen LogP) is 2.45. The number of rotatable bonds is 6. The Kier molecular flexibility index (Phi) is 6.24. The summed E-state index contributed by atoms with van der Waals surface area (Å²) in [6.45, 7) is 3.79. The highest BCUT2D eigenvalue weighted by Crippen LogP contribution is 2.24. The minimum Gasteiger partial charge on any atom is -0.493 e. The van der Waals surface area contributed by atoms with Crippen LogP contribution in [0, 0.1) is 0 Å². The molecule has 108 valence electrons. The van der Waals surface area contributed by atoms with Crippen molar-refractivity contribution in [2.24, 2.45) is 0 Å². The molecule has 1 aromatic rings. The summed E-state index contributed by atoms with van der Waals surface area (Å²) in [6.07, 6.45) is 2.86. The van der Waals surface area contributed by atoms with Crippen LogP contribution in [0.25, 0.3) is 6.08 Å². The van der Waals surface area contributed by atoms with Gasteiger partial charge in [-0.25, -0.2) is 0 Å². The maximum atomic E-state index is 11.6. The van der Waals surface area contributed by atoms with E-state index in [2.05, 4.69) is 21.2 Å². The second-order valence-electron chi connectivity index (χ2n) is 4.02. The van der Waals surface area contributed by atoms with Gasteiger partial charge in [0.15, 0.2) is 0 Å². The molecule has 0 radical (unpaired) electrons. The number of ether oxygens (including phenoxy) is 1. The van der Waals surface area contributed by atoms with Crippen LogP contribution in [-0.2, 0) is 9.59 Å². The first-order valence-corrected chi connectivity index (χ1v) is 6.87. The van der Waals surface area contributed by atoms with Crippen LogP contribution in [0.4, 0.5) is 0 Å². The van der Waals surface area contributed by atoms with Crippen LogP contribution < -0.4 is 10.1 Å². The lowest BCUT2D eigenvalue weighted by atomic mass is 10.2. The van der Waals surface area contributed by atoms with E-state index in [0.717, 1.165) is 10.0 Å². The number of aliphatic carboxylic acids is 1. The molecule has 20 heavy (non-hydrogen) atoms. The molecule has 1 aromatic carbocycles. The highest BCUT2D eigenvalue weighted by molar-refractivity contribution is 9.10. The van der Waals surface area contributed by atoms with Gasteiger partial charge in [0.05, 0.1) is 6.61 Å². The number of amides is 1. The van der Waals surface area contributed by atoms with Gasteiger partial charge in [-0.3, -0.25) is 9.59 Å². The Bertz CT molecular complexity index is 528. The lowest BCUT2D eigenvalue weighted by molar-refractivity contribution is -0.140. The number of benzene rings is 1. The van der Waals surface area contributed by atoms with Crippen LogP contribution in [0.2, 0.25) is 0 Å². The van der Waals surface area contributed by atoms with E-state index in [9.17, 15) is 9.59 Å². The molecular formula is C14H16BrNO4. The van der Waals surface area contributed by atoms with Crippen LogP contribution in [0.3, 0.4) is 0 Å². The molecule has 0 aliphatic carbocycles. The number of nitrogens with one attached hydrogen (secondary N) is 1. The van der Waals surface area contributed by atoms with Crippen LogP contribution in [-0.4, -0.2) is 29.6 Å². The first-order valence-electron chi connectivity index (χ1n) is 6.07. The van der Waals surface area contributed by atoms with Gasteiger partial charge < -0.3 is 15.2 Å². The Morgan fingerprint density at radius 3 is 2.80 bits per heavy atom. The summed E-state index contributed by atoms with van der Waals surface area (Å²) in [7, 11) is 0. The average molecular weight is 342 g/mol. The van der Waals surface area contributed by atoms with Gasteiger partial charge in [0.1, 0.15) is 11.8 Å². The molecule has 0 saturated carbocycles. The molecule has 1 atom stereocenters. The normalized spacial score (nSPS) is 12.2. The zero-order valence-corrected chi connectivity index (χ0v) is 12.8.